The zero-order chi connectivity index (χ0) is 12.3. The van der Waals surface area contributed by atoms with Crippen LogP contribution in [0.5, 0.6) is 0 Å². The molecule has 0 spiro atoms. The van der Waals surface area contributed by atoms with Crippen LogP contribution in [-0.4, -0.2) is 28.6 Å². The maximum absolute atomic E-state index is 12.9. The van der Waals surface area contributed by atoms with Gasteiger partial charge in [0.05, 0.1) is 0 Å². The lowest BCUT2D eigenvalue weighted by atomic mass is 10.1. The first-order valence-corrected chi connectivity index (χ1v) is 5.75. The second-order valence-corrected chi connectivity index (χ2v) is 4.28. The largest absolute Gasteiger partial charge is 0.396 e. The molecule has 0 aliphatic heterocycles. The Hall–Kier alpha value is -1.49. The van der Waals surface area contributed by atoms with Gasteiger partial charge in [0.15, 0.2) is 0 Å². The number of carbonyl (C=O) groups excluding carboxylic acids is 1. The molecule has 4 nitrogen and oxygen atoms in total. The van der Waals surface area contributed by atoms with E-state index in [1.807, 2.05) is 0 Å². The molecule has 0 radical (unpaired) electrons. The summed E-state index contributed by atoms with van der Waals surface area (Å²) in [6.45, 7) is 0.0397. The molecule has 1 fully saturated rings. The molecule has 1 heterocycles. The van der Waals surface area contributed by atoms with E-state index in [9.17, 15) is 9.18 Å². The number of halogens is 1. The van der Waals surface area contributed by atoms with Gasteiger partial charge in [0, 0.05) is 12.6 Å². The Morgan fingerprint density at radius 3 is 2.94 bits per heavy atom. The average Bonchev–Trinajstić information content (AvgIpc) is 3.12. The lowest BCUT2D eigenvalue weighted by Gasteiger charge is -2.16. The second-order valence-electron chi connectivity index (χ2n) is 4.28. The number of nitrogens with one attached hydrogen (secondary N) is 1. The quantitative estimate of drug-likeness (QED) is 0.755. The summed E-state index contributed by atoms with van der Waals surface area (Å²) in [7, 11) is 0. The predicted octanol–water partition coefficient (Wildman–Crippen LogP) is 1.11. The number of hydrogen-bond donors (Lipinski definition) is 2. The third-order valence-corrected chi connectivity index (χ3v) is 2.90. The van der Waals surface area contributed by atoms with Gasteiger partial charge in [-0.25, -0.2) is 4.98 Å². The number of hydrogen-bond acceptors (Lipinski definition) is 3. The Morgan fingerprint density at radius 2 is 2.35 bits per heavy atom. The first-order valence-electron chi connectivity index (χ1n) is 5.75. The van der Waals surface area contributed by atoms with E-state index in [2.05, 4.69) is 10.3 Å². The molecular weight excluding hydrogens is 223 g/mol. The van der Waals surface area contributed by atoms with Gasteiger partial charge in [-0.15, -0.1) is 0 Å². The molecule has 5 heteroatoms. The van der Waals surface area contributed by atoms with Crippen molar-refractivity contribution in [1.29, 1.82) is 0 Å². The Labute approximate surface area is 98.9 Å². The summed E-state index contributed by atoms with van der Waals surface area (Å²) in [6, 6.07) is 4.09. The first kappa shape index (κ1) is 12.0. The smallest absolute Gasteiger partial charge is 0.270 e. The van der Waals surface area contributed by atoms with E-state index in [0.29, 0.717) is 12.3 Å². The summed E-state index contributed by atoms with van der Waals surface area (Å²) < 4.78 is 12.9. The van der Waals surface area contributed by atoms with Gasteiger partial charge in [0.2, 0.25) is 5.95 Å². The number of aromatic nitrogens is 1. The van der Waals surface area contributed by atoms with Gasteiger partial charge in [-0.3, -0.25) is 4.79 Å². The fraction of sp³-hybridized carbons (Fsp3) is 0.500. The summed E-state index contributed by atoms with van der Waals surface area (Å²) in [4.78, 5) is 15.3. The van der Waals surface area contributed by atoms with Crippen LogP contribution in [0.1, 0.15) is 29.8 Å². The Kier molecular flexibility index (Phi) is 3.68. The van der Waals surface area contributed by atoms with Gasteiger partial charge in [-0.1, -0.05) is 6.07 Å². The molecule has 17 heavy (non-hydrogen) atoms. The van der Waals surface area contributed by atoms with Gasteiger partial charge in [-0.05, 0) is 37.3 Å². The molecule has 1 aromatic rings. The lowest BCUT2D eigenvalue weighted by molar-refractivity contribution is 0.0918. The third kappa shape index (κ3) is 3.23. The zero-order valence-corrected chi connectivity index (χ0v) is 9.40. The van der Waals surface area contributed by atoms with Gasteiger partial charge in [-0.2, -0.15) is 4.39 Å². The van der Waals surface area contributed by atoms with Crippen LogP contribution in [0, 0.1) is 11.9 Å². The topological polar surface area (TPSA) is 62.2 Å². The molecule has 0 saturated heterocycles. The van der Waals surface area contributed by atoms with Gasteiger partial charge < -0.3 is 10.4 Å². The molecule has 1 unspecified atom stereocenters. The van der Waals surface area contributed by atoms with Gasteiger partial charge in [0.1, 0.15) is 5.69 Å². The minimum absolute atomic E-state index is 0.0300. The zero-order valence-electron chi connectivity index (χ0n) is 9.40. The van der Waals surface area contributed by atoms with Crippen LogP contribution in [0.15, 0.2) is 18.2 Å². The van der Waals surface area contributed by atoms with E-state index in [0.717, 1.165) is 12.8 Å². The van der Waals surface area contributed by atoms with Gasteiger partial charge >= 0.3 is 0 Å². The second kappa shape index (κ2) is 5.23. The van der Waals surface area contributed by atoms with Gasteiger partial charge in [0.25, 0.3) is 5.91 Å². The van der Waals surface area contributed by atoms with Crippen LogP contribution >= 0.6 is 0 Å². The van der Waals surface area contributed by atoms with E-state index in [4.69, 9.17) is 5.11 Å². The molecule has 2 N–H and O–H groups in total. The summed E-state index contributed by atoms with van der Waals surface area (Å²) >= 11 is 0. The average molecular weight is 238 g/mol. The third-order valence-electron chi connectivity index (χ3n) is 2.90. The molecular formula is C12H15FN2O2. The standard InChI is InChI=1S/C12H15FN2O2/c13-11-3-1-2-10(14-11)12(17)15-9(6-7-16)8-4-5-8/h1-3,8-9,16H,4-7H2,(H,15,17). The summed E-state index contributed by atoms with van der Waals surface area (Å²) in [6.07, 6.45) is 2.68. The molecule has 1 saturated carbocycles. The number of aliphatic hydroxyl groups is 1. The van der Waals surface area contributed by atoms with Crippen molar-refractivity contribution in [2.24, 2.45) is 5.92 Å². The van der Waals surface area contributed by atoms with Crippen molar-refractivity contribution in [2.75, 3.05) is 6.61 Å². The highest BCUT2D eigenvalue weighted by molar-refractivity contribution is 5.92. The molecule has 1 amide bonds. The number of aliphatic hydroxyl groups excluding tert-OH is 1. The van der Waals surface area contributed by atoms with E-state index < -0.39 is 5.95 Å². The molecule has 1 atom stereocenters. The van der Waals surface area contributed by atoms with E-state index >= 15 is 0 Å². The summed E-state index contributed by atoms with van der Waals surface area (Å²) in [5.74, 6) is -0.600. The SMILES string of the molecule is O=C(NC(CCO)C1CC1)c1cccc(F)n1. The van der Waals surface area contributed by atoms with Crippen molar-refractivity contribution in [3.05, 3.63) is 29.8 Å². The highest BCUT2D eigenvalue weighted by Crippen LogP contribution is 2.33. The fourth-order valence-electron chi connectivity index (χ4n) is 1.84. The van der Waals surface area contributed by atoms with Crippen LogP contribution in [0.25, 0.3) is 0 Å². The van der Waals surface area contributed by atoms with Crippen molar-refractivity contribution in [2.45, 2.75) is 25.3 Å². The van der Waals surface area contributed by atoms with E-state index in [1.54, 1.807) is 0 Å². The molecule has 2 rings (SSSR count). The normalized spacial score (nSPS) is 16.6. The van der Waals surface area contributed by atoms with Crippen LogP contribution in [0.2, 0.25) is 0 Å². The van der Waals surface area contributed by atoms with E-state index in [-0.39, 0.29) is 24.2 Å². The number of rotatable bonds is 5. The number of nitrogens with zero attached hydrogens (tertiary/aromatic N) is 1. The molecule has 1 aromatic heterocycles. The molecule has 92 valence electrons. The lowest BCUT2D eigenvalue weighted by Crippen LogP contribution is -2.37. The maximum Gasteiger partial charge on any atom is 0.270 e. The molecule has 1 aliphatic carbocycles. The molecule has 1 aliphatic rings. The highest BCUT2D eigenvalue weighted by atomic mass is 19.1. The van der Waals surface area contributed by atoms with Crippen molar-refractivity contribution in [3.8, 4) is 0 Å². The van der Waals surface area contributed by atoms with Crippen LogP contribution in [0.3, 0.4) is 0 Å². The summed E-state index contributed by atoms with van der Waals surface area (Å²) in [5.41, 5.74) is 0.0774. The Bertz CT molecular complexity index is 407. The monoisotopic (exact) mass is 238 g/mol. The minimum atomic E-state index is -0.664. The van der Waals surface area contributed by atoms with Crippen molar-refractivity contribution < 1.29 is 14.3 Å². The summed E-state index contributed by atoms with van der Waals surface area (Å²) in [5, 5.41) is 11.7. The van der Waals surface area contributed by atoms with Crippen LogP contribution < -0.4 is 5.32 Å². The molecule has 0 aromatic carbocycles. The number of amides is 1. The predicted molar refractivity (Wildman–Crippen MR) is 59.9 cm³/mol. The van der Waals surface area contributed by atoms with E-state index in [1.165, 1.54) is 18.2 Å². The van der Waals surface area contributed by atoms with Crippen molar-refractivity contribution in [3.63, 3.8) is 0 Å². The Balaban J connectivity index is 1.99. The first-order chi connectivity index (χ1) is 8.20. The fourth-order valence-corrected chi connectivity index (χ4v) is 1.84. The van der Waals surface area contributed by atoms with Crippen LogP contribution in [0.4, 0.5) is 4.39 Å². The van der Waals surface area contributed by atoms with Crippen molar-refractivity contribution in [1.82, 2.24) is 10.3 Å². The minimum Gasteiger partial charge on any atom is -0.396 e. The number of carbonyl (C=O) groups is 1. The number of pyridine rings is 1. The Morgan fingerprint density at radius 1 is 1.59 bits per heavy atom. The van der Waals surface area contributed by atoms with Crippen molar-refractivity contribution >= 4 is 5.91 Å². The van der Waals surface area contributed by atoms with Crippen LogP contribution in [-0.2, 0) is 0 Å². The maximum atomic E-state index is 12.9. The highest BCUT2D eigenvalue weighted by Gasteiger charge is 2.32. The molecule has 0 bridgehead atoms.